The molecule has 1 amide bonds. The Morgan fingerprint density at radius 2 is 1.76 bits per heavy atom. The van der Waals surface area contributed by atoms with E-state index in [0.717, 1.165) is 12.5 Å². The standard InChI is InChI=1S/C18H26F3NO6S/c1-6-8-10-22(17(23)27-5)16-12(3)14(26-4)11-15(13(16)9-7-2)28-29(24,25)18(19,20)21/h11H,6-10H2,1-5H3. The average Bonchev–Trinajstić information content (AvgIpc) is 2.64. The van der Waals surface area contributed by atoms with E-state index < -0.39 is 27.5 Å². The molecule has 0 atom stereocenters. The lowest BCUT2D eigenvalue weighted by Gasteiger charge is -2.28. The van der Waals surface area contributed by atoms with E-state index in [1.165, 1.54) is 19.1 Å². The molecule has 0 aromatic heterocycles. The number of ether oxygens (including phenoxy) is 2. The molecular weight excluding hydrogens is 415 g/mol. The maximum Gasteiger partial charge on any atom is 0.534 e. The van der Waals surface area contributed by atoms with Gasteiger partial charge in [-0.1, -0.05) is 26.7 Å². The van der Waals surface area contributed by atoms with Gasteiger partial charge in [0, 0.05) is 23.7 Å². The van der Waals surface area contributed by atoms with E-state index in [4.69, 9.17) is 9.47 Å². The van der Waals surface area contributed by atoms with Crippen LogP contribution in [0.4, 0.5) is 23.7 Å². The number of rotatable bonds is 9. The van der Waals surface area contributed by atoms with Crippen molar-refractivity contribution in [3.8, 4) is 11.5 Å². The predicted molar refractivity (Wildman–Crippen MR) is 102 cm³/mol. The summed E-state index contributed by atoms with van der Waals surface area (Å²) in [5.41, 5.74) is -4.77. The van der Waals surface area contributed by atoms with Crippen molar-refractivity contribution < 1.29 is 40.0 Å². The zero-order valence-corrected chi connectivity index (χ0v) is 17.9. The molecule has 0 aliphatic carbocycles. The van der Waals surface area contributed by atoms with Crippen molar-refractivity contribution in [3.63, 3.8) is 0 Å². The summed E-state index contributed by atoms with van der Waals surface area (Å²) in [6, 6.07) is 1.09. The van der Waals surface area contributed by atoms with Crippen LogP contribution in [0.2, 0.25) is 0 Å². The van der Waals surface area contributed by atoms with Crippen LogP contribution in [-0.4, -0.2) is 40.8 Å². The molecule has 0 unspecified atom stereocenters. The van der Waals surface area contributed by atoms with Crippen LogP contribution >= 0.6 is 0 Å². The maximum atomic E-state index is 12.9. The van der Waals surface area contributed by atoms with Crippen molar-refractivity contribution in [2.75, 3.05) is 25.7 Å². The van der Waals surface area contributed by atoms with Crippen LogP contribution in [0.3, 0.4) is 0 Å². The molecule has 1 aromatic carbocycles. The van der Waals surface area contributed by atoms with E-state index in [1.54, 1.807) is 13.8 Å². The summed E-state index contributed by atoms with van der Waals surface area (Å²) in [5.74, 6) is -0.454. The quantitative estimate of drug-likeness (QED) is 0.413. The van der Waals surface area contributed by atoms with Crippen molar-refractivity contribution in [1.82, 2.24) is 0 Å². The Labute approximate surface area is 168 Å². The number of amides is 1. The van der Waals surface area contributed by atoms with Crippen LogP contribution in [0.5, 0.6) is 11.5 Å². The molecule has 0 saturated carbocycles. The van der Waals surface area contributed by atoms with Crippen LogP contribution in [0.1, 0.15) is 44.2 Å². The smallest absolute Gasteiger partial charge is 0.496 e. The van der Waals surface area contributed by atoms with Gasteiger partial charge in [-0.25, -0.2) is 4.79 Å². The van der Waals surface area contributed by atoms with Crippen molar-refractivity contribution >= 4 is 21.9 Å². The lowest BCUT2D eigenvalue weighted by Crippen LogP contribution is -2.34. The fourth-order valence-electron chi connectivity index (χ4n) is 2.80. The van der Waals surface area contributed by atoms with E-state index in [-0.39, 0.29) is 30.0 Å². The summed E-state index contributed by atoms with van der Waals surface area (Å²) < 4.78 is 76.3. The number of hydrogen-bond acceptors (Lipinski definition) is 6. The third-order valence-corrected chi connectivity index (χ3v) is 5.14. The highest BCUT2D eigenvalue weighted by atomic mass is 32.2. The molecule has 166 valence electrons. The maximum absolute atomic E-state index is 12.9. The number of methoxy groups -OCH3 is 2. The Bertz CT molecular complexity index is 824. The van der Waals surface area contributed by atoms with Crippen molar-refractivity contribution in [2.24, 2.45) is 0 Å². The molecule has 0 radical (unpaired) electrons. The normalized spacial score (nSPS) is 11.9. The lowest BCUT2D eigenvalue weighted by atomic mass is 10.00. The van der Waals surface area contributed by atoms with Crippen LogP contribution < -0.4 is 13.8 Å². The SMILES string of the molecule is CCCCN(C(=O)OC)c1c(C)c(OC)cc(OS(=O)(=O)C(F)(F)F)c1CCC. The highest BCUT2D eigenvalue weighted by Gasteiger charge is 2.49. The molecule has 1 rings (SSSR count). The van der Waals surface area contributed by atoms with Crippen LogP contribution in [0.15, 0.2) is 6.07 Å². The molecule has 0 spiro atoms. The highest BCUT2D eigenvalue weighted by molar-refractivity contribution is 7.88. The molecule has 11 heteroatoms. The number of hydrogen-bond donors (Lipinski definition) is 0. The third kappa shape index (κ3) is 5.68. The minimum atomic E-state index is -5.90. The first kappa shape index (κ1) is 24.9. The molecule has 1 aromatic rings. The summed E-state index contributed by atoms with van der Waals surface area (Å²) in [4.78, 5) is 13.7. The van der Waals surface area contributed by atoms with Crippen LogP contribution in [0, 0.1) is 6.92 Å². The van der Waals surface area contributed by atoms with E-state index in [2.05, 4.69) is 4.18 Å². The minimum absolute atomic E-state index is 0.0811. The first-order chi connectivity index (χ1) is 13.4. The van der Waals surface area contributed by atoms with Gasteiger partial charge in [-0.3, -0.25) is 4.90 Å². The zero-order valence-electron chi connectivity index (χ0n) is 17.1. The van der Waals surface area contributed by atoms with E-state index in [9.17, 15) is 26.4 Å². The number of benzene rings is 1. The van der Waals surface area contributed by atoms with Crippen molar-refractivity contribution in [2.45, 2.75) is 52.0 Å². The van der Waals surface area contributed by atoms with Gasteiger partial charge in [0.2, 0.25) is 0 Å². The monoisotopic (exact) mass is 441 g/mol. The number of alkyl halides is 3. The van der Waals surface area contributed by atoms with Gasteiger partial charge in [-0.2, -0.15) is 21.6 Å². The number of anilines is 1. The third-order valence-electron chi connectivity index (χ3n) is 4.17. The summed E-state index contributed by atoms with van der Waals surface area (Å²) >= 11 is 0. The highest BCUT2D eigenvalue weighted by Crippen LogP contribution is 2.42. The fourth-order valence-corrected chi connectivity index (χ4v) is 3.28. The second-order valence-electron chi connectivity index (χ2n) is 6.24. The van der Waals surface area contributed by atoms with E-state index in [1.807, 2.05) is 6.92 Å². The second kappa shape index (κ2) is 10.0. The molecular formula is C18H26F3NO6S. The minimum Gasteiger partial charge on any atom is -0.496 e. The fraction of sp³-hybridized carbons (Fsp3) is 0.611. The van der Waals surface area contributed by atoms with Crippen LogP contribution in [-0.2, 0) is 21.3 Å². The number of halogens is 3. The van der Waals surface area contributed by atoms with Crippen LogP contribution in [0.25, 0.3) is 0 Å². The Balaban J connectivity index is 3.79. The number of unbranched alkanes of at least 4 members (excludes halogenated alkanes) is 1. The zero-order chi connectivity index (χ0) is 22.4. The largest absolute Gasteiger partial charge is 0.534 e. The van der Waals surface area contributed by atoms with Gasteiger partial charge >= 0.3 is 21.7 Å². The molecule has 0 aliphatic rings. The second-order valence-corrected chi connectivity index (χ2v) is 7.78. The van der Waals surface area contributed by atoms with Gasteiger partial charge in [-0.15, -0.1) is 0 Å². The molecule has 0 aliphatic heterocycles. The Morgan fingerprint density at radius 1 is 1.14 bits per heavy atom. The molecule has 0 saturated heterocycles. The summed E-state index contributed by atoms with van der Waals surface area (Å²) in [7, 11) is -3.44. The topological polar surface area (TPSA) is 82.1 Å². The number of carbonyl (C=O) groups is 1. The molecule has 0 bridgehead atoms. The first-order valence-electron chi connectivity index (χ1n) is 9.01. The van der Waals surface area contributed by atoms with Gasteiger partial charge in [0.15, 0.2) is 5.75 Å². The molecule has 0 fully saturated rings. The van der Waals surface area contributed by atoms with Gasteiger partial charge in [-0.05, 0) is 19.8 Å². The van der Waals surface area contributed by atoms with E-state index in [0.29, 0.717) is 18.4 Å². The van der Waals surface area contributed by atoms with E-state index >= 15 is 0 Å². The Kier molecular flexibility index (Phi) is 8.61. The summed E-state index contributed by atoms with van der Waals surface area (Å²) in [6.07, 6.45) is 1.24. The van der Waals surface area contributed by atoms with Crippen molar-refractivity contribution in [3.05, 3.63) is 17.2 Å². The predicted octanol–water partition coefficient (Wildman–Crippen LogP) is 4.56. The molecule has 0 N–H and O–H groups in total. The summed E-state index contributed by atoms with van der Waals surface area (Å²) in [6.45, 7) is 5.52. The summed E-state index contributed by atoms with van der Waals surface area (Å²) in [5, 5.41) is 0. The van der Waals surface area contributed by atoms with Gasteiger partial charge in [0.05, 0.1) is 19.9 Å². The number of nitrogens with zero attached hydrogens (tertiary/aromatic N) is 1. The number of carbonyl (C=O) groups excluding carboxylic acids is 1. The molecule has 29 heavy (non-hydrogen) atoms. The molecule has 0 heterocycles. The average molecular weight is 441 g/mol. The van der Waals surface area contributed by atoms with Gasteiger partial charge in [0.1, 0.15) is 5.75 Å². The van der Waals surface area contributed by atoms with Gasteiger partial charge in [0.25, 0.3) is 0 Å². The van der Waals surface area contributed by atoms with Gasteiger partial charge < -0.3 is 13.7 Å². The molecule has 7 nitrogen and oxygen atoms in total. The Hall–Kier alpha value is -2.17. The Morgan fingerprint density at radius 3 is 2.21 bits per heavy atom. The van der Waals surface area contributed by atoms with Crippen molar-refractivity contribution in [1.29, 1.82) is 0 Å². The first-order valence-corrected chi connectivity index (χ1v) is 10.4. The lowest BCUT2D eigenvalue weighted by molar-refractivity contribution is -0.0500.